The van der Waals surface area contributed by atoms with Gasteiger partial charge in [-0.2, -0.15) is 5.10 Å². The first-order valence-electron chi connectivity index (χ1n) is 12.1. The van der Waals surface area contributed by atoms with Gasteiger partial charge in [-0.15, -0.1) is 0 Å². The first-order valence-corrected chi connectivity index (χ1v) is 12.1. The van der Waals surface area contributed by atoms with Gasteiger partial charge in [-0.1, -0.05) is 24.3 Å². The highest BCUT2D eigenvalue weighted by Crippen LogP contribution is 2.42. The summed E-state index contributed by atoms with van der Waals surface area (Å²) in [6.07, 6.45) is 5.13. The number of hydrogen-bond donors (Lipinski definition) is 1. The standard InChI is InChI=1S/C27H25FN6O2/c28-21-6-2-1-5-19(21)22-11-12-29-27(31-22)34-25(18-9-10-18)20(17-30-34)26(36)33-15-13-32(14-16-33)23-7-3-4-8-24(23)35/h1-8,11-12,17-18,35H,9-10,13-16H2. The van der Waals surface area contributed by atoms with Crippen LogP contribution >= 0.6 is 0 Å². The minimum Gasteiger partial charge on any atom is -0.506 e. The van der Waals surface area contributed by atoms with Crippen LogP contribution in [0, 0.1) is 5.82 Å². The van der Waals surface area contributed by atoms with E-state index in [4.69, 9.17) is 0 Å². The fourth-order valence-corrected chi connectivity index (χ4v) is 4.75. The molecule has 1 aliphatic carbocycles. The van der Waals surface area contributed by atoms with E-state index in [-0.39, 0.29) is 23.4 Å². The number of aromatic hydroxyl groups is 1. The predicted octanol–water partition coefficient (Wildman–Crippen LogP) is 4.01. The highest BCUT2D eigenvalue weighted by Gasteiger charge is 2.35. The molecule has 9 heteroatoms. The molecule has 4 aromatic rings. The van der Waals surface area contributed by atoms with Gasteiger partial charge in [0.15, 0.2) is 0 Å². The molecule has 36 heavy (non-hydrogen) atoms. The molecule has 0 unspecified atom stereocenters. The summed E-state index contributed by atoms with van der Waals surface area (Å²) in [4.78, 5) is 26.4. The van der Waals surface area contributed by atoms with Crippen LogP contribution in [0.15, 0.2) is 67.0 Å². The summed E-state index contributed by atoms with van der Waals surface area (Å²) in [7, 11) is 0. The van der Waals surface area contributed by atoms with E-state index in [1.54, 1.807) is 53.5 Å². The molecule has 0 atom stereocenters. The summed E-state index contributed by atoms with van der Waals surface area (Å²) in [6, 6.07) is 15.4. The number of amides is 1. The van der Waals surface area contributed by atoms with Gasteiger partial charge in [0.1, 0.15) is 11.6 Å². The molecular weight excluding hydrogens is 459 g/mol. The number of benzene rings is 2. The van der Waals surface area contributed by atoms with Gasteiger partial charge >= 0.3 is 0 Å². The predicted molar refractivity (Wildman–Crippen MR) is 133 cm³/mol. The Labute approximate surface area is 207 Å². The normalized spacial score (nSPS) is 15.8. The lowest BCUT2D eigenvalue weighted by molar-refractivity contribution is 0.0745. The number of hydrogen-bond acceptors (Lipinski definition) is 6. The Morgan fingerprint density at radius 1 is 0.972 bits per heavy atom. The zero-order valence-corrected chi connectivity index (χ0v) is 19.6. The van der Waals surface area contributed by atoms with Crippen molar-refractivity contribution in [3.05, 3.63) is 84.1 Å². The van der Waals surface area contributed by atoms with Crippen LogP contribution in [0.25, 0.3) is 17.2 Å². The monoisotopic (exact) mass is 484 g/mol. The first-order chi connectivity index (χ1) is 17.6. The molecule has 2 fully saturated rings. The highest BCUT2D eigenvalue weighted by molar-refractivity contribution is 5.95. The number of aromatic nitrogens is 4. The minimum atomic E-state index is -0.358. The zero-order chi connectivity index (χ0) is 24.6. The van der Waals surface area contributed by atoms with Crippen molar-refractivity contribution in [3.8, 4) is 23.0 Å². The van der Waals surface area contributed by atoms with Crippen molar-refractivity contribution in [2.24, 2.45) is 0 Å². The van der Waals surface area contributed by atoms with Crippen molar-refractivity contribution in [1.29, 1.82) is 0 Å². The van der Waals surface area contributed by atoms with Crippen molar-refractivity contribution in [2.45, 2.75) is 18.8 Å². The number of carbonyl (C=O) groups excluding carboxylic acids is 1. The maximum atomic E-state index is 14.4. The van der Waals surface area contributed by atoms with E-state index in [2.05, 4.69) is 20.0 Å². The Morgan fingerprint density at radius 3 is 2.47 bits per heavy atom. The molecule has 1 amide bonds. The van der Waals surface area contributed by atoms with Gasteiger partial charge in [-0.3, -0.25) is 4.79 Å². The molecule has 3 heterocycles. The lowest BCUT2D eigenvalue weighted by atomic mass is 10.1. The second-order valence-electron chi connectivity index (χ2n) is 9.12. The third kappa shape index (κ3) is 4.06. The van der Waals surface area contributed by atoms with Crippen LogP contribution in [-0.2, 0) is 0 Å². The smallest absolute Gasteiger partial charge is 0.257 e. The molecule has 2 aromatic heterocycles. The summed E-state index contributed by atoms with van der Waals surface area (Å²) < 4.78 is 16.0. The molecule has 0 spiro atoms. The lowest BCUT2D eigenvalue weighted by Crippen LogP contribution is -2.49. The van der Waals surface area contributed by atoms with Crippen molar-refractivity contribution in [1.82, 2.24) is 24.6 Å². The van der Waals surface area contributed by atoms with E-state index in [1.165, 1.54) is 6.07 Å². The number of phenols is 1. The minimum absolute atomic E-state index is 0.0645. The highest BCUT2D eigenvalue weighted by atomic mass is 19.1. The molecule has 2 aromatic carbocycles. The van der Waals surface area contributed by atoms with E-state index in [1.807, 2.05) is 17.0 Å². The Hall–Kier alpha value is -4.27. The van der Waals surface area contributed by atoms with Gasteiger partial charge in [0.05, 0.1) is 28.8 Å². The second kappa shape index (κ2) is 9.07. The number of carbonyl (C=O) groups is 1. The topological polar surface area (TPSA) is 87.4 Å². The average molecular weight is 485 g/mol. The van der Waals surface area contributed by atoms with Crippen molar-refractivity contribution >= 4 is 11.6 Å². The second-order valence-corrected chi connectivity index (χ2v) is 9.12. The van der Waals surface area contributed by atoms with Gasteiger partial charge < -0.3 is 14.9 Å². The molecule has 8 nitrogen and oxygen atoms in total. The van der Waals surface area contributed by atoms with Crippen molar-refractivity contribution in [2.75, 3.05) is 31.1 Å². The molecule has 0 bridgehead atoms. The van der Waals surface area contributed by atoms with Gasteiger partial charge in [0.25, 0.3) is 11.9 Å². The van der Waals surface area contributed by atoms with Gasteiger partial charge in [-0.25, -0.2) is 19.0 Å². The summed E-state index contributed by atoms with van der Waals surface area (Å²) in [5, 5.41) is 14.7. The number of anilines is 1. The number of piperazine rings is 1. The summed E-state index contributed by atoms with van der Waals surface area (Å²) in [5.74, 6) is 0.359. The molecule has 1 N–H and O–H groups in total. The van der Waals surface area contributed by atoms with Crippen molar-refractivity contribution in [3.63, 3.8) is 0 Å². The number of rotatable bonds is 5. The fourth-order valence-electron chi connectivity index (χ4n) is 4.75. The molecule has 0 radical (unpaired) electrons. The number of phenolic OH excluding ortho intramolecular Hbond substituents is 1. The van der Waals surface area contributed by atoms with Gasteiger partial charge in [0.2, 0.25) is 0 Å². The van der Waals surface area contributed by atoms with E-state index in [0.717, 1.165) is 24.2 Å². The third-order valence-electron chi connectivity index (χ3n) is 6.77. The van der Waals surface area contributed by atoms with Crippen LogP contribution in [0.3, 0.4) is 0 Å². The molecule has 182 valence electrons. The molecular formula is C27H25FN6O2. The van der Waals surface area contributed by atoms with Crippen LogP contribution in [0.1, 0.15) is 34.8 Å². The largest absolute Gasteiger partial charge is 0.506 e. The quantitative estimate of drug-likeness (QED) is 0.461. The van der Waals surface area contributed by atoms with Crippen LogP contribution < -0.4 is 4.90 Å². The Morgan fingerprint density at radius 2 is 1.72 bits per heavy atom. The van der Waals surface area contributed by atoms with Crippen molar-refractivity contribution < 1.29 is 14.3 Å². The summed E-state index contributed by atoms with van der Waals surface area (Å²) >= 11 is 0. The number of halogens is 1. The number of para-hydroxylation sites is 2. The zero-order valence-electron chi connectivity index (χ0n) is 19.6. The average Bonchev–Trinajstić information content (AvgIpc) is 3.66. The van der Waals surface area contributed by atoms with E-state index in [0.29, 0.717) is 48.9 Å². The molecule has 1 saturated carbocycles. The Bertz CT molecular complexity index is 1430. The van der Waals surface area contributed by atoms with E-state index < -0.39 is 0 Å². The number of nitrogens with zero attached hydrogens (tertiary/aromatic N) is 6. The van der Waals surface area contributed by atoms with Crippen LogP contribution in [0.2, 0.25) is 0 Å². The Balaban J connectivity index is 1.26. The van der Waals surface area contributed by atoms with E-state index in [9.17, 15) is 14.3 Å². The third-order valence-corrected chi connectivity index (χ3v) is 6.77. The molecule has 1 saturated heterocycles. The molecule has 6 rings (SSSR count). The van der Waals surface area contributed by atoms with E-state index >= 15 is 0 Å². The van der Waals surface area contributed by atoms with Crippen LogP contribution in [-0.4, -0.2) is 61.8 Å². The SMILES string of the molecule is O=C(c1cnn(-c2nccc(-c3ccccc3F)n2)c1C1CC1)N1CCN(c2ccccc2O)CC1. The maximum absolute atomic E-state index is 14.4. The molecule has 1 aliphatic heterocycles. The Kier molecular flexibility index (Phi) is 5.59. The molecule has 2 aliphatic rings. The summed E-state index contributed by atoms with van der Waals surface area (Å²) in [6.45, 7) is 2.34. The fraction of sp³-hybridized carbons (Fsp3) is 0.259. The lowest BCUT2D eigenvalue weighted by Gasteiger charge is -2.36. The first kappa shape index (κ1) is 22.2. The van der Waals surface area contributed by atoms with Gasteiger partial charge in [-0.05, 0) is 43.2 Å². The van der Waals surface area contributed by atoms with Gasteiger partial charge in [0, 0.05) is 43.9 Å². The maximum Gasteiger partial charge on any atom is 0.257 e. The van der Waals surface area contributed by atoms with Crippen LogP contribution in [0.5, 0.6) is 5.75 Å². The summed E-state index contributed by atoms with van der Waals surface area (Å²) in [5.41, 5.74) is 3.01. The van der Waals surface area contributed by atoms with Crippen LogP contribution in [0.4, 0.5) is 10.1 Å².